The van der Waals surface area contributed by atoms with Crippen LogP contribution in [0.15, 0.2) is 29.4 Å². The minimum atomic E-state index is -0.979. The van der Waals surface area contributed by atoms with Crippen molar-refractivity contribution in [3.8, 4) is 0 Å². The predicted octanol–water partition coefficient (Wildman–Crippen LogP) is 3.52. The van der Waals surface area contributed by atoms with E-state index in [4.69, 9.17) is 23.7 Å². The van der Waals surface area contributed by atoms with Gasteiger partial charge in [-0.15, -0.1) is 0 Å². The van der Waals surface area contributed by atoms with Crippen LogP contribution in [0.25, 0.3) is 0 Å². The van der Waals surface area contributed by atoms with Crippen LogP contribution < -0.4 is 5.43 Å². The number of fused-ring (bicyclic) bond motifs is 3. The number of amides is 1. The van der Waals surface area contributed by atoms with Crippen molar-refractivity contribution in [2.75, 3.05) is 0 Å². The molecule has 2 aliphatic carbocycles. The number of rotatable bonds is 3. The second-order valence-electron chi connectivity index (χ2n) is 9.99. The molecule has 1 aromatic carbocycles. The summed E-state index contributed by atoms with van der Waals surface area (Å²) in [7, 11) is 0. The highest BCUT2D eigenvalue weighted by atomic mass is 19.1. The van der Waals surface area contributed by atoms with Gasteiger partial charge in [-0.25, -0.2) is 9.82 Å². The van der Waals surface area contributed by atoms with E-state index in [0.29, 0.717) is 0 Å². The van der Waals surface area contributed by atoms with E-state index in [0.717, 1.165) is 64.2 Å². The first-order valence-electron chi connectivity index (χ1n) is 12.5. The van der Waals surface area contributed by atoms with Gasteiger partial charge in [0.25, 0.3) is 5.91 Å². The Morgan fingerprint density at radius 1 is 0.882 bits per heavy atom. The molecule has 3 heterocycles. The number of hydrazone groups is 1. The SMILES string of the molecule is O=C(N/N=C/c1ccccc1F)C1OC2OC3(CCCCC3)OC2C2OC3(CCCCC3)OC12. The molecule has 5 fully saturated rings. The molecule has 1 N–H and O–H groups in total. The second-order valence-corrected chi connectivity index (χ2v) is 9.99. The van der Waals surface area contributed by atoms with Gasteiger partial charge < -0.3 is 23.7 Å². The van der Waals surface area contributed by atoms with Gasteiger partial charge in [-0.3, -0.25) is 4.79 Å². The minimum absolute atomic E-state index is 0.277. The lowest BCUT2D eigenvalue weighted by Crippen LogP contribution is -2.59. The third kappa shape index (κ3) is 4.07. The van der Waals surface area contributed by atoms with Crippen molar-refractivity contribution in [3.05, 3.63) is 35.6 Å². The molecule has 6 rings (SSSR count). The number of halogens is 1. The van der Waals surface area contributed by atoms with E-state index in [2.05, 4.69) is 10.5 Å². The quantitative estimate of drug-likeness (QED) is 0.533. The lowest BCUT2D eigenvalue weighted by atomic mass is 9.94. The van der Waals surface area contributed by atoms with Gasteiger partial charge in [0.1, 0.15) is 24.1 Å². The Bertz CT molecular complexity index is 945. The number of nitrogens with one attached hydrogen (secondary N) is 1. The van der Waals surface area contributed by atoms with Crippen LogP contribution in [0.2, 0.25) is 0 Å². The Labute approximate surface area is 198 Å². The normalized spacial score (nSPS) is 36.0. The first-order valence-corrected chi connectivity index (χ1v) is 12.5. The van der Waals surface area contributed by atoms with Crippen molar-refractivity contribution in [2.24, 2.45) is 5.10 Å². The van der Waals surface area contributed by atoms with Crippen molar-refractivity contribution in [3.63, 3.8) is 0 Å². The van der Waals surface area contributed by atoms with Crippen LogP contribution in [0, 0.1) is 5.82 Å². The summed E-state index contributed by atoms with van der Waals surface area (Å²) in [6, 6.07) is 6.22. The molecule has 5 atom stereocenters. The molecule has 0 radical (unpaired) electrons. The third-order valence-corrected chi connectivity index (χ3v) is 7.65. The van der Waals surface area contributed by atoms with E-state index >= 15 is 0 Å². The maximum Gasteiger partial charge on any atom is 0.272 e. The van der Waals surface area contributed by atoms with Gasteiger partial charge in [0.2, 0.25) is 0 Å². The maximum atomic E-state index is 13.9. The number of nitrogens with zero attached hydrogens (tertiary/aromatic N) is 1. The minimum Gasteiger partial charge on any atom is -0.341 e. The van der Waals surface area contributed by atoms with Crippen LogP contribution in [0.4, 0.5) is 4.39 Å². The Kier molecular flexibility index (Phi) is 5.93. The second kappa shape index (κ2) is 8.95. The monoisotopic (exact) mass is 474 g/mol. The zero-order valence-electron chi connectivity index (χ0n) is 19.1. The Morgan fingerprint density at radius 2 is 1.50 bits per heavy atom. The van der Waals surface area contributed by atoms with Crippen molar-refractivity contribution >= 4 is 12.1 Å². The molecule has 9 heteroatoms. The fraction of sp³-hybridized carbons (Fsp3) is 0.680. The molecule has 3 aliphatic heterocycles. The van der Waals surface area contributed by atoms with E-state index in [-0.39, 0.29) is 5.56 Å². The highest BCUT2D eigenvalue weighted by molar-refractivity contribution is 5.85. The third-order valence-electron chi connectivity index (χ3n) is 7.65. The number of carbonyl (C=O) groups excluding carboxylic acids is 1. The van der Waals surface area contributed by atoms with Gasteiger partial charge in [-0.1, -0.05) is 31.0 Å². The number of benzene rings is 1. The number of hydrogen-bond acceptors (Lipinski definition) is 7. The molecule has 2 saturated carbocycles. The average Bonchev–Trinajstić information content (AvgIpc) is 3.38. The molecule has 184 valence electrons. The van der Waals surface area contributed by atoms with Crippen LogP contribution in [0.1, 0.15) is 69.8 Å². The highest BCUT2D eigenvalue weighted by Crippen LogP contribution is 2.50. The highest BCUT2D eigenvalue weighted by Gasteiger charge is 2.65. The number of carbonyl (C=O) groups is 1. The molecule has 0 bridgehead atoms. The zero-order valence-corrected chi connectivity index (χ0v) is 19.1. The standard InChI is InChI=1S/C25H31FN2O6/c26-17-10-4-3-9-16(17)15-27-28-22(29)20-18-19(32-24(31-18)11-5-1-6-12-24)21-23(30-20)34-25(33-21)13-7-2-8-14-25/h3-4,9-10,15,18-21,23H,1-2,5-8,11-14H2,(H,28,29)/b27-15+. The fourth-order valence-corrected chi connectivity index (χ4v) is 5.98. The predicted molar refractivity (Wildman–Crippen MR) is 118 cm³/mol. The van der Waals surface area contributed by atoms with E-state index < -0.39 is 54.0 Å². The molecule has 1 amide bonds. The fourth-order valence-electron chi connectivity index (χ4n) is 5.98. The van der Waals surface area contributed by atoms with Crippen molar-refractivity contribution in [1.29, 1.82) is 0 Å². The van der Waals surface area contributed by atoms with E-state index in [1.165, 1.54) is 12.3 Å². The van der Waals surface area contributed by atoms with Gasteiger partial charge in [0.05, 0.1) is 6.21 Å². The molecule has 5 aliphatic rings. The summed E-state index contributed by atoms with van der Waals surface area (Å²) in [5, 5.41) is 3.95. The van der Waals surface area contributed by atoms with Crippen LogP contribution in [-0.2, 0) is 28.5 Å². The van der Waals surface area contributed by atoms with Gasteiger partial charge in [-0.2, -0.15) is 5.10 Å². The molecular formula is C25H31FN2O6. The summed E-state index contributed by atoms with van der Waals surface area (Å²) in [6.45, 7) is 0. The Balaban J connectivity index is 1.22. The van der Waals surface area contributed by atoms with Crippen molar-refractivity contribution in [2.45, 2.75) is 106 Å². The molecule has 34 heavy (non-hydrogen) atoms. The van der Waals surface area contributed by atoms with E-state index in [1.54, 1.807) is 18.2 Å². The Morgan fingerprint density at radius 3 is 2.21 bits per heavy atom. The van der Waals surface area contributed by atoms with Gasteiger partial charge >= 0.3 is 0 Å². The topological polar surface area (TPSA) is 87.6 Å². The number of ether oxygens (including phenoxy) is 5. The average molecular weight is 475 g/mol. The molecule has 3 saturated heterocycles. The zero-order chi connectivity index (χ0) is 23.2. The van der Waals surface area contributed by atoms with E-state index in [9.17, 15) is 9.18 Å². The molecule has 5 unspecified atom stereocenters. The summed E-state index contributed by atoms with van der Waals surface area (Å²) in [6.07, 6.45) is 7.59. The molecule has 8 nitrogen and oxygen atoms in total. The Hall–Kier alpha value is -1.91. The van der Waals surface area contributed by atoms with Crippen molar-refractivity contribution < 1.29 is 32.9 Å². The van der Waals surface area contributed by atoms with Crippen LogP contribution in [0.3, 0.4) is 0 Å². The van der Waals surface area contributed by atoms with Crippen LogP contribution in [0.5, 0.6) is 0 Å². The molecular weight excluding hydrogens is 443 g/mol. The summed E-state index contributed by atoms with van der Waals surface area (Å²) >= 11 is 0. The molecule has 0 aromatic heterocycles. The lowest BCUT2D eigenvalue weighted by molar-refractivity contribution is -0.247. The first-order chi connectivity index (χ1) is 16.6. The van der Waals surface area contributed by atoms with Gasteiger partial charge in [-0.05, 0) is 31.7 Å². The summed E-state index contributed by atoms with van der Waals surface area (Å²) in [5.41, 5.74) is 2.77. The summed E-state index contributed by atoms with van der Waals surface area (Å²) in [4.78, 5) is 13.2. The van der Waals surface area contributed by atoms with Gasteiger partial charge in [0, 0.05) is 31.2 Å². The van der Waals surface area contributed by atoms with E-state index in [1.807, 2.05) is 0 Å². The maximum absolute atomic E-state index is 13.9. The summed E-state index contributed by atoms with van der Waals surface area (Å²) < 4.78 is 45.8. The molecule has 1 aromatic rings. The lowest BCUT2D eigenvalue weighted by Gasteiger charge is -2.36. The van der Waals surface area contributed by atoms with Crippen LogP contribution >= 0.6 is 0 Å². The van der Waals surface area contributed by atoms with Crippen LogP contribution in [-0.4, -0.2) is 54.4 Å². The smallest absolute Gasteiger partial charge is 0.272 e. The summed E-state index contributed by atoms with van der Waals surface area (Å²) in [5.74, 6) is -2.30. The molecule has 2 spiro atoms. The van der Waals surface area contributed by atoms with Gasteiger partial charge in [0.15, 0.2) is 24.0 Å². The first kappa shape index (κ1) is 22.5. The largest absolute Gasteiger partial charge is 0.341 e. The van der Waals surface area contributed by atoms with Crippen molar-refractivity contribution in [1.82, 2.24) is 5.43 Å². The number of hydrogen-bond donors (Lipinski definition) is 1.